The van der Waals surface area contributed by atoms with Gasteiger partial charge in [0.05, 0.1) is 19.8 Å². The van der Waals surface area contributed by atoms with Crippen LogP contribution in [0.4, 0.5) is 4.39 Å². The highest BCUT2D eigenvalue weighted by molar-refractivity contribution is 8.09. The average molecular weight is 1040 g/mol. The molecule has 9 heteroatoms. The Labute approximate surface area is 440 Å². The first-order chi connectivity index (χ1) is 33.5. The molecule has 390 valence electrons. The molecule has 0 saturated heterocycles. The molecule has 0 aliphatic carbocycles. The van der Waals surface area contributed by atoms with Crippen molar-refractivity contribution in [3.8, 4) is 11.5 Å². The van der Waals surface area contributed by atoms with E-state index in [9.17, 15) is 4.79 Å². The summed E-state index contributed by atoms with van der Waals surface area (Å²) in [6.45, 7) is 32.8. The van der Waals surface area contributed by atoms with Crippen LogP contribution in [0.3, 0.4) is 0 Å². The summed E-state index contributed by atoms with van der Waals surface area (Å²) in [5, 5.41) is 4.77. The van der Waals surface area contributed by atoms with Gasteiger partial charge in [0, 0.05) is 60.1 Å². The zero-order valence-electron chi connectivity index (χ0n) is 45.7. The Bertz CT molecular complexity index is 2520. The Morgan fingerprint density at radius 3 is 1.57 bits per heavy atom. The zero-order chi connectivity index (χ0) is 51.0. The van der Waals surface area contributed by atoms with Crippen LogP contribution in [0.2, 0.25) is 0 Å². The third kappa shape index (κ3) is 16.2. The van der Waals surface area contributed by atoms with Crippen molar-refractivity contribution in [3.63, 3.8) is 0 Å². The minimum atomic E-state index is -0.598. The minimum Gasteiger partial charge on any atom is -0.492 e. The van der Waals surface area contributed by atoms with Crippen LogP contribution in [0.1, 0.15) is 231 Å². The number of hydrogen-bond donors (Lipinski definition) is 0. The van der Waals surface area contributed by atoms with Gasteiger partial charge in [-0.25, -0.2) is 9.18 Å². The van der Waals surface area contributed by atoms with Crippen LogP contribution in [-0.2, 0) is 10.2 Å². The van der Waals surface area contributed by atoms with Crippen molar-refractivity contribution in [2.75, 3.05) is 19.8 Å². The van der Waals surface area contributed by atoms with Crippen molar-refractivity contribution >= 4 is 94.2 Å². The van der Waals surface area contributed by atoms with E-state index < -0.39 is 11.8 Å². The molecule has 0 bridgehead atoms. The molecule has 0 amide bonds. The minimum absolute atomic E-state index is 0.00405. The monoisotopic (exact) mass is 1030 g/mol. The number of fused-ring (bicyclic) bond motifs is 3. The van der Waals surface area contributed by atoms with Crippen molar-refractivity contribution in [2.45, 2.75) is 222 Å². The number of carbonyl (C=O) groups excluding carboxylic acids is 1. The first-order valence-corrected chi connectivity index (χ1v) is 30.9. The number of unbranched alkanes of at least 4 members (excludes halogenated alkanes) is 9. The number of thiophene rings is 3. The predicted molar refractivity (Wildman–Crippen MR) is 310 cm³/mol. The summed E-state index contributed by atoms with van der Waals surface area (Å²) in [6.07, 6.45) is 23.5. The second-order valence-electron chi connectivity index (χ2n) is 22.2. The molecule has 3 heterocycles. The lowest BCUT2D eigenvalue weighted by molar-refractivity contribution is 0.0429. The lowest BCUT2D eigenvalue weighted by Crippen LogP contribution is -2.25. The van der Waals surface area contributed by atoms with E-state index in [1.54, 1.807) is 23.1 Å². The van der Waals surface area contributed by atoms with Crippen LogP contribution in [-0.4, -0.2) is 30.5 Å². The fraction of sp³-hybridized carbons (Fsp3) is 0.656. The van der Waals surface area contributed by atoms with E-state index in [1.807, 2.05) is 11.3 Å². The number of ether oxygens (including phenoxy) is 3. The molecule has 3 atom stereocenters. The van der Waals surface area contributed by atoms with Gasteiger partial charge in [-0.05, 0) is 79.5 Å². The van der Waals surface area contributed by atoms with Crippen molar-refractivity contribution < 1.29 is 23.4 Å². The highest BCUT2D eigenvalue weighted by Crippen LogP contribution is 2.50. The van der Waals surface area contributed by atoms with Crippen LogP contribution in [0.15, 0.2) is 24.3 Å². The van der Waals surface area contributed by atoms with Gasteiger partial charge in [0.15, 0.2) is 5.82 Å². The Morgan fingerprint density at radius 2 is 1.09 bits per heavy atom. The Hall–Kier alpha value is -2.59. The largest absolute Gasteiger partial charge is 0.492 e. The summed E-state index contributed by atoms with van der Waals surface area (Å²) in [6, 6.07) is 9.32. The third-order valence-corrected chi connectivity index (χ3v) is 18.8. The van der Waals surface area contributed by atoms with E-state index in [4.69, 9.17) is 14.2 Å². The number of halogens is 1. The van der Waals surface area contributed by atoms with Gasteiger partial charge in [0.2, 0.25) is 0 Å². The topological polar surface area (TPSA) is 44.8 Å². The smallest absolute Gasteiger partial charge is 0.351 e. The molecule has 4 nitrogen and oxygen atoms in total. The SMILES string of the molecule is C=c1sc(C(=O)OCC(CC)CCCC)c(F)/c1=C(/SC(C)(C)C)c1cc2c(OCC(CCCC)CCCCCC)c3cc4sc(C(C)(C)C)cc4c(OCC(CCCC)CCCCCC)c3cc2s1. The van der Waals surface area contributed by atoms with Crippen molar-refractivity contribution in [2.24, 2.45) is 17.8 Å². The molecule has 0 fully saturated rings. The van der Waals surface area contributed by atoms with Crippen LogP contribution in [0, 0.1) is 23.6 Å². The number of benzene rings is 2. The Kier molecular flexibility index (Phi) is 23.5. The highest BCUT2D eigenvalue weighted by Gasteiger charge is 2.28. The third-order valence-electron chi connectivity index (χ3n) is 13.8. The lowest BCUT2D eigenvalue weighted by atomic mass is 9.94. The Balaban J connectivity index is 1.76. The van der Waals surface area contributed by atoms with Gasteiger partial charge in [-0.15, -0.1) is 45.8 Å². The summed E-state index contributed by atoms with van der Waals surface area (Å²) in [4.78, 5) is 16.7. The van der Waals surface area contributed by atoms with Gasteiger partial charge in [-0.1, -0.05) is 186 Å². The molecule has 5 aromatic rings. The second-order valence-corrected chi connectivity index (χ2v) is 27.4. The van der Waals surface area contributed by atoms with Crippen molar-refractivity contribution in [1.82, 2.24) is 0 Å². The van der Waals surface area contributed by atoms with Gasteiger partial charge in [0.25, 0.3) is 0 Å². The van der Waals surface area contributed by atoms with E-state index >= 15 is 4.39 Å². The maximum Gasteiger partial charge on any atom is 0.351 e. The van der Waals surface area contributed by atoms with E-state index in [-0.39, 0.29) is 21.0 Å². The fourth-order valence-corrected chi connectivity index (χ4v) is 14.0. The van der Waals surface area contributed by atoms with Crippen LogP contribution >= 0.6 is 45.8 Å². The molecule has 5 rings (SSSR count). The lowest BCUT2D eigenvalue weighted by Gasteiger charge is -2.21. The molecule has 0 saturated carbocycles. The number of thioether (sulfide) groups is 1. The predicted octanol–water partition coefficient (Wildman–Crippen LogP) is 19.6. The maximum absolute atomic E-state index is 17.1. The number of rotatable bonds is 31. The normalized spacial score (nSPS) is 14.2. The molecule has 0 radical (unpaired) electrons. The number of carbonyl (C=O) groups is 1. The van der Waals surface area contributed by atoms with E-state index in [0.29, 0.717) is 41.4 Å². The van der Waals surface area contributed by atoms with Crippen molar-refractivity contribution in [1.29, 1.82) is 0 Å². The average Bonchev–Trinajstić information content (AvgIpc) is 4.03. The van der Waals surface area contributed by atoms with E-state index in [2.05, 4.69) is 114 Å². The molecule has 0 N–H and O–H groups in total. The second kappa shape index (κ2) is 28.2. The van der Waals surface area contributed by atoms with Gasteiger partial charge in [-0.2, -0.15) is 0 Å². The molecule has 2 aromatic carbocycles. The molecule has 0 aliphatic rings. The Morgan fingerprint density at radius 1 is 0.600 bits per heavy atom. The fourth-order valence-electron chi connectivity index (χ4n) is 9.49. The number of esters is 1. The summed E-state index contributed by atoms with van der Waals surface area (Å²) < 4.78 is 40.1. The molecule has 3 unspecified atom stereocenters. The summed E-state index contributed by atoms with van der Waals surface area (Å²) in [7, 11) is 0. The summed E-state index contributed by atoms with van der Waals surface area (Å²) >= 11 is 6.29. The molecule has 70 heavy (non-hydrogen) atoms. The molecular weight excluding hydrogens is 944 g/mol. The first kappa shape index (κ1) is 58.3. The summed E-state index contributed by atoms with van der Waals surface area (Å²) in [5.41, 5.74) is -0.0149. The first-order valence-electron chi connectivity index (χ1n) is 27.6. The highest BCUT2D eigenvalue weighted by atomic mass is 32.2. The van der Waals surface area contributed by atoms with Gasteiger partial charge in [0.1, 0.15) is 16.4 Å². The molecule has 3 aromatic heterocycles. The van der Waals surface area contributed by atoms with Gasteiger partial charge in [-0.3, -0.25) is 0 Å². The maximum atomic E-state index is 17.1. The molecular formula is C61H91FO4S4. The van der Waals surface area contributed by atoms with E-state index in [0.717, 1.165) is 98.4 Å². The quantitative estimate of drug-likeness (QED) is 0.0327. The molecule has 0 aliphatic heterocycles. The zero-order valence-corrected chi connectivity index (χ0v) is 48.9. The molecule has 0 spiro atoms. The number of hydrogen-bond acceptors (Lipinski definition) is 8. The van der Waals surface area contributed by atoms with Crippen LogP contribution in [0.25, 0.3) is 42.4 Å². The van der Waals surface area contributed by atoms with Gasteiger partial charge >= 0.3 is 5.97 Å². The van der Waals surface area contributed by atoms with Gasteiger partial charge < -0.3 is 14.2 Å². The standard InChI is InChI=1S/C61H91FO4S4/c1-14-20-25-27-32-43(30-23-17-4)39-64-55-46-35-50-48(37-52(69-50)60(8,9)10)56(65-40-44(31-24-18-5)33-28-26-21-15-2)45(46)34-49-47(55)36-51(68-49)57(70-61(11,12)13)53-41(7)67-58(54(53)62)59(63)66-38-42(19-6)29-22-16-3/h34-37,42-44H,7,14-33,38-40H2,1-6,8-13H3/b57-53+. The van der Waals surface area contributed by atoms with Crippen LogP contribution in [0.5, 0.6) is 11.5 Å². The van der Waals surface area contributed by atoms with Crippen molar-refractivity contribution in [3.05, 3.63) is 54.5 Å². The van der Waals surface area contributed by atoms with E-state index in [1.165, 1.54) is 98.4 Å². The van der Waals surface area contributed by atoms with Crippen LogP contribution < -0.4 is 19.2 Å². The summed E-state index contributed by atoms with van der Waals surface area (Å²) in [5.74, 6) is 1.92.